The smallest absolute Gasteiger partial charge is 0.303 e. The van der Waals surface area contributed by atoms with Crippen molar-refractivity contribution in [3.8, 4) is 0 Å². The highest BCUT2D eigenvalue weighted by Gasteiger charge is 2.41. The number of benzene rings is 1. The number of fused-ring (bicyclic) bond motifs is 1. The first-order chi connectivity index (χ1) is 17.3. The van der Waals surface area contributed by atoms with Crippen molar-refractivity contribution in [1.29, 1.82) is 0 Å². The quantitative estimate of drug-likeness (QED) is 0.585. The highest BCUT2D eigenvalue weighted by molar-refractivity contribution is 6.30. The molecule has 1 saturated heterocycles. The maximum absolute atomic E-state index is 14.1. The van der Waals surface area contributed by atoms with Crippen molar-refractivity contribution >= 4 is 40.8 Å². The predicted octanol–water partition coefficient (Wildman–Crippen LogP) is 4.62. The summed E-state index contributed by atoms with van der Waals surface area (Å²) in [6, 6.07) is 8.24. The fraction of sp³-hybridized carbons (Fsp3) is 0.481. The van der Waals surface area contributed by atoms with Gasteiger partial charge in [-0.3, -0.25) is 14.4 Å². The van der Waals surface area contributed by atoms with Crippen LogP contribution in [0.25, 0.3) is 0 Å². The lowest BCUT2D eigenvalue weighted by atomic mass is 9.91. The molecule has 198 valence electrons. The third kappa shape index (κ3) is 5.42. The van der Waals surface area contributed by atoms with Crippen LogP contribution < -0.4 is 4.90 Å². The molecule has 0 spiro atoms. The zero-order chi connectivity index (χ0) is 27.1. The van der Waals surface area contributed by atoms with Gasteiger partial charge in [0.05, 0.1) is 21.9 Å². The Kier molecular flexibility index (Phi) is 7.21. The van der Waals surface area contributed by atoms with E-state index in [0.717, 1.165) is 11.4 Å². The summed E-state index contributed by atoms with van der Waals surface area (Å²) in [5.41, 5.74) is 1.57. The van der Waals surface area contributed by atoms with Gasteiger partial charge in [-0.05, 0) is 50.6 Å². The van der Waals surface area contributed by atoms with Crippen molar-refractivity contribution < 1.29 is 23.9 Å². The van der Waals surface area contributed by atoms with Crippen molar-refractivity contribution in [2.45, 2.75) is 57.9 Å². The third-order valence-corrected chi connectivity index (χ3v) is 7.38. The maximum Gasteiger partial charge on any atom is 0.303 e. The van der Waals surface area contributed by atoms with E-state index in [1.165, 1.54) is 12.1 Å². The fourth-order valence-electron chi connectivity index (χ4n) is 5.16. The van der Waals surface area contributed by atoms with Gasteiger partial charge < -0.3 is 19.8 Å². The first-order valence-corrected chi connectivity index (χ1v) is 12.7. The number of aromatic nitrogens is 1. The average molecular weight is 531 g/mol. The number of anilines is 2. The van der Waals surface area contributed by atoms with Crippen LogP contribution in [0.4, 0.5) is 15.8 Å². The van der Waals surface area contributed by atoms with Crippen LogP contribution in [0.1, 0.15) is 63.1 Å². The molecule has 2 aliphatic heterocycles. The Balaban J connectivity index is 1.52. The van der Waals surface area contributed by atoms with E-state index in [9.17, 15) is 18.8 Å². The summed E-state index contributed by atoms with van der Waals surface area (Å²) < 4.78 is 14.1. The molecular weight excluding hydrogens is 499 g/mol. The molecule has 2 amide bonds. The number of nitrogens with zero attached hydrogens (tertiary/aromatic N) is 4. The molecule has 0 saturated carbocycles. The Morgan fingerprint density at radius 1 is 1.05 bits per heavy atom. The number of hydrogen-bond donors (Lipinski definition) is 1. The lowest BCUT2D eigenvalue weighted by molar-refractivity contribution is -0.138. The normalized spacial score (nSPS) is 18.1. The van der Waals surface area contributed by atoms with Crippen LogP contribution >= 0.6 is 11.6 Å². The molecule has 1 N–H and O–H groups in total. The number of carboxylic acids is 1. The second-order valence-electron chi connectivity index (χ2n) is 11.0. The second-order valence-corrected chi connectivity index (χ2v) is 11.4. The van der Waals surface area contributed by atoms with Gasteiger partial charge in [-0.25, -0.2) is 9.37 Å². The SMILES string of the molecule is CC1(C)CN(c2ccc(Cl)c(F)c2)c2ccc(C(=O)N3CCN(C(=O)CCCC(=O)O)CC3(C)C)nc21. The largest absolute Gasteiger partial charge is 0.481 e. The summed E-state index contributed by atoms with van der Waals surface area (Å²) in [5.74, 6) is -1.72. The predicted molar refractivity (Wildman–Crippen MR) is 139 cm³/mol. The van der Waals surface area contributed by atoms with Crippen LogP contribution in [0, 0.1) is 5.82 Å². The van der Waals surface area contributed by atoms with Gasteiger partial charge in [0.15, 0.2) is 0 Å². The standard InChI is InChI=1S/C27H32ClFN4O4/c1-26(2)15-32(17-8-9-18(28)19(29)14-17)21-11-10-20(30-24(21)26)25(37)33-13-12-31(16-27(33,3)4)22(34)6-5-7-23(35)36/h8-11,14H,5-7,12-13,15-16H2,1-4H3,(H,35,36). The van der Waals surface area contributed by atoms with Gasteiger partial charge in [0.25, 0.3) is 5.91 Å². The molecule has 0 unspecified atom stereocenters. The third-order valence-electron chi connectivity index (χ3n) is 7.07. The maximum atomic E-state index is 14.1. The molecule has 2 aromatic rings. The first-order valence-electron chi connectivity index (χ1n) is 12.4. The molecular formula is C27H32ClFN4O4. The molecule has 37 heavy (non-hydrogen) atoms. The van der Waals surface area contributed by atoms with Crippen LogP contribution in [0.15, 0.2) is 30.3 Å². The molecule has 0 atom stereocenters. The zero-order valence-electron chi connectivity index (χ0n) is 21.6. The van der Waals surface area contributed by atoms with Crippen molar-refractivity contribution in [2.75, 3.05) is 31.1 Å². The van der Waals surface area contributed by atoms with Crippen LogP contribution in [-0.4, -0.2) is 69.4 Å². The van der Waals surface area contributed by atoms with Crippen molar-refractivity contribution in [2.24, 2.45) is 0 Å². The van der Waals surface area contributed by atoms with Gasteiger partial charge in [0.1, 0.15) is 11.5 Å². The Bertz CT molecular complexity index is 1250. The van der Waals surface area contributed by atoms with Crippen molar-refractivity contribution in [3.63, 3.8) is 0 Å². The minimum Gasteiger partial charge on any atom is -0.481 e. The number of pyridine rings is 1. The Labute approximate surface area is 221 Å². The molecule has 0 radical (unpaired) electrons. The average Bonchev–Trinajstić information content (AvgIpc) is 3.09. The van der Waals surface area contributed by atoms with E-state index in [1.807, 2.05) is 38.7 Å². The number of piperazine rings is 1. The van der Waals surface area contributed by atoms with E-state index in [4.69, 9.17) is 21.7 Å². The van der Waals surface area contributed by atoms with E-state index in [2.05, 4.69) is 0 Å². The summed E-state index contributed by atoms with van der Waals surface area (Å²) in [6.45, 7) is 9.57. The van der Waals surface area contributed by atoms with Crippen LogP contribution in [0.5, 0.6) is 0 Å². The van der Waals surface area contributed by atoms with E-state index in [-0.39, 0.29) is 35.1 Å². The topological polar surface area (TPSA) is 94.1 Å². The molecule has 0 aliphatic carbocycles. The molecule has 2 aliphatic rings. The molecule has 1 aromatic carbocycles. The van der Waals surface area contributed by atoms with Crippen molar-refractivity contribution in [3.05, 3.63) is 52.6 Å². The summed E-state index contributed by atoms with van der Waals surface area (Å²) in [7, 11) is 0. The minimum absolute atomic E-state index is 0.0433. The summed E-state index contributed by atoms with van der Waals surface area (Å²) in [5, 5.41) is 8.87. The summed E-state index contributed by atoms with van der Waals surface area (Å²) in [6.07, 6.45) is 0.423. The molecule has 1 aromatic heterocycles. The number of carbonyl (C=O) groups is 3. The van der Waals surface area contributed by atoms with E-state index in [1.54, 1.807) is 21.9 Å². The van der Waals surface area contributed by atoms with Crippen LogP contribution in [0.3, 0.4) is 0 Å². The highest BCUT2D eigenvalue weighted by Crippen LogP contribution is 2.44. The number of hydrogen-bond acceptors (Lipinski definition) is 5. The second kappa shape index (κ2) is 9.93. The first kappa shape index (κ1) is 26.9. The Morgan fingerprint density at radius 2 is 1.78 bits per heavy atom. The Hall–Kier alpha value is -3.20. The van der Waals surface area contributed by atoms with E-state index < -0.39 is 17.3 Å². The van der Waals surface area contributed by atoms with Crippen LogP contribution in [-0.2, 0) is 15.0 Å². The Morgan fingerprint density at radius 3 is 2.43 bits per heavy atom. The van der Waals surface area contributed by atoms with Crippen LogP contribution in [0.2, 0.25) is 5.02 Å². The highest BCUT2D eigenvalue weighted by atomic mass is 35.5. The summed E-state index contributed by atoms with van der Waals surface area (Å²) in [4.78, 5) is 47.1. The van der Waals surface area contributed by atoms with Gasteiger partial charge in [0, 0.05) is 50.1 Å². The fourth-order valence-corrected chi connectivity index (χ4v) is 5.27. The molecule has 8 nitrogen and oxygen atoms in total. The van der Waals surface area contributed by atoms with Crippen molar-refractivity contribution in [1.82, 2.24) is 14.8 Å². The molecule has 3 heterocycles. The molecule has 4 rings (SSSR count). The minimum atomic E-state index is -0.919. The number of halogens is 2. The molecule has 1 fully saturated rings. The number of rotatable bonds is 6. The van der Waals surface area contributed by atoms with Gasteiger partial charge in [-0.2, -0.15) is 0 Å². The number of aliphatic carboxylic acids is 1. The zero-order valence-corrected chi connectivity index (χ0v) is 22.3. The van der Waals surface area contributed by atoms with Gasteiger partial charge >= 0.3 is 5.97 Å². The summed E-state index contributed by atoms with van der Waals surface area (Å²) >= 11 is 5.86. The van der Waals surface area contributed by atoms with E-state index >= 15 is 0 Å². The lowest BCUT2D eigenvalue weighted by Gasteiger charge is -2.47. The monoisotopic (exact) mass is 530 g/mol. The van der Waals surface area contributed by atoms with E-state index in [0.29, 0.717) is 44.0 Å². The molecule has 10 heteroatoms. The number of amides is 2. The van der Waals surface area contributed by atoms with Gasteiger partial charge in [-0.1, -0.05) is 25.4 Å². The number of carboxylic acid groups (broad SMARTS) is 1. The van der Waals surface area contributed by atoms with Gasteiger partial charge in [0.2, 0.25) is 5.91 Å². The number of carbonyl (C=O) groups excluding carboxylic acids is 2. The molecule has 0 bridgehead atoms. The van der Waals surface area contributed by atoms with Gasteiger partial charge in [-0.15, -0.1) is 0 Å². The lowest BCUT2D eigenvalue weighted by Crippen LogP contribution is -2.62.